The molecule has 20 heavy (non-hydrogen) atoms. The van der Waals surface area contributed by atoms with Crippen molar-refractivity contribution >= 4 is 23.6 Å². The molecule has 1 aromatic rings. The second-order valence-corrected chi connectivity index (χ2v) is 5.61. The van der Waals surface area contributed by atoms with E-state index in [2.05, 4.69) is 9.89 Å². The van der Waals surface area contributed by atoms with Crippen molar-refractivity contribution in [3.63, 3.8) is 0 Å². The zero-order chi connectivity index (χ0) is 13.9. The summed E-state index contributed by atoms with van der Waals surface area (Å²) in [7, 11) is 2.04. The van der Waals surface area contributed by atoms with Crippen LogP contribution in [0.5, 0.6) is 0 Å². The summed E-state index contributed by atoms with van der Waals surface area (Å²) in [6.07, 6.45) is 3.65. The van der Waals surface area contributed by atoms with Crippen LogP contribution >= 0.6 is 11.8 Å². The van der Waals surface area contributed by atoms with E-state index in [0.29, 0.717) is 11.6 Å². The van der Waals surface area contributed by atoms with Crippen LogP contribution in [0.3, 0.4) is 0 Å². The molecule has 0 aromatic heterocycles. The van der Waals surface area contributed by atoms with E-state index in [9.17, 15) is 4.79 Å². The van der Waals surface area contributed by atoms with Gasteiger partial charge in [0.2, 0.25) is 5.90 Å². The van der Waals surface area contributed by atoms with Gasteiger partial charge in [0.05, 0.1) is 5.03 Å². The van der Waals surface area contributed by atoms with Crippen LogP contribution in [0.2, 0.25) is 0 Å². The SMILES string of the molecule is CN1CCS/C1=C\C=C1\N=C(c2ccccc2)OC1=O. The number of nitrogens with zero attached hydrogens (tertiary/aromatic N) is 2. The highest BCUT2D eigenvalue weighted by atomic mass is 32.2. The molecule has 0 N–H and O–H groups in total. The fourth-order valence-electron chi connectivity index (χ4n) is 1.96. The molecule has 2 aliphatic rings. The van der Waals surface area contributed by atoms with Crippen molar-refractivity contribution < 1.29 is 9.53 Å². The standard InChI is InChI=1S/C15H14N2O2S/c1-17-9-10-20-13(17)8-7-12-15(18)19-14(16-12)11-5-3-2-4-6-11/h2-8H,9-10H2,1H3/b12-7+,13-8-. The number of hydrogen-bond donors (Lipinski definition) is 0. The van der Waals surface area contributed by atoms with Crippen molar-refractivity contribution in [3.05, 3.63) is 58.8 Å². The Morgan fingerprint density at radius 3 is 2.80 bits per heavy atom. The molecule has 0 saturated carbocycles. The fraction of sp³-hybridized carbons (Fsp3) is 0.200. The van der Waals surface area contributed by atoms with E-state index in [1.54, 1.807) is 17.8 Å². The number of allylic oxidation sites excluding steroid dienone is 2. The number of cyclic esters (lactones) is 1. The topological polar surface area (TPSA) is 41.9 Å². The van der Waals surface area contributed by atoms with E-state index in [1.807, 2.05) is 43.5 Å². The van der Waals surface area contributed by atoms with E-state index in [-0.39, 0.29) is 0 Å². The van der Waals surface area contributed by atoms with E-state index < -0.39 is 5.97 Å². The van der Waals surface area contributed by atoms with E-state index >= 15 is 0 Å². The summed E-state index contributed by atoms with van der Waals surface area (Å²) in [4.78, 5) is 18.2. The molecule has 0 atom stereocenters. The smallest absolute Gasteiger partial charge is 0.363 e. The second kappa shape index (κ2) is 5.54. The van der Waals surface area contributed by atoms with Gasteiger partial charge in [-0.15, -0.1) is 11.8 Å². The Hall–Kier alpha value is -2.01. The lowest BCUT2D eigenvalue weighted by atomic mass is 10.2. The van der Waals surface area contributed by atoms with Crippen molar-refractivity contribution in [2.75, 3.05) is 19.3 Å². The first-order valence-electron chi connectivity index (χ1n) is 6.36. The maximum absolute atomic E-state index is 11.8. The number of carbonyl (C=O) groups excluding carboxylic acids is 1. The van der Waals surface area contributed by atoms with E-state index in [4.69, 9.17) is 4.74 Å². The molecule has 1 aromatic carbocycles. The first kappa shape index (κ1) is 13.0. The highest BCUT2D eigenvalue weighted by Gasteiger charge is 2.23. The van der Waals surface area contributed by atoms with Crippen molar-refractivity contribution in [1.29, 1.82) is 0 Å². The largest absolute Gasteiger partial charge is 0.402 e. The summed E-state index contributed by atoms with van der Waals surface area (Å²) < 4.78 is 5.20. The zero-order valence-corrected chi connectivity index (χ0v) is 11.9. The minimum Gasteiger partial charge on any atom is -0.402 e. The molecule has 0 spiro atoms. The summed E-state index contributed by atoms with van der Waals surface area (Å²) in [5.74, 6) is 1.05. The molecule has 5 heteroatoms. The predicted molar refractivity (Wildman–Crippen MR) is 80.3 cm³/mol. The van der Waals surface area contributed by atoms with Crippen molar-refractivity contribution in [2.24, 2.45) is 4.99 Å². The molecule has 4 nitrogen and oxygen atoms in total. The van der Waals surface area contributed by atoms with Crippen LogP contribution in [0, 0.1) is 0 Å². The third kappa shape index (κ3) is 2.63. The van der Waals surface area contributed by atoms with Crippen LogP contribution < -0.4 is 0 Å². The highest BCUT2D eigenvalue weighted by Crippen LogP contribution is 2.26. The van der Waals surface area contributed by atoms with Gasteiger partial charge in [0.15, 0.2) is 5.70 Å². The summed E-state index contributed by atoms with van der Waals surface area (Å²) in [6.45, 7) is 1.03. The zero-order valence-electron chi connectivity index (χ0n) is 11.1. The molecule has 0 radical (unpaired) electrons. The number of carbonyl (C=O) groups is 1. The van der Waals surface area contributed by atoms with E-state index in [1.165, 1.54) is 0 Å². The Kier molecular flexibility index (Phi) is 3.60. The minimum atomic E-state index is -0.397. The van der Waals surface area contributed by atoms with Gasteiger partial charge < -0.3 is 9.64 Å². The first-order valence-corrected chi connectivity index (χ1v) is 7.35. The summed E-state index contributed by atoms with van der Waals surface area (Å²) in [6, 6.07) is 9.43. The van der Waals surface area contributed by atoms with Crippen LogP contribution in [-0.2, 0) is 9.53 Å². The fourth-order valence-corrected chi connectivity index (χ4v) is 3.01. The van der Waals surface area contributed by atoms with Gasteiger partial charge in [-0.05, 0) is 24.3 Å². The summed E-state index contributed by atoms with van der Waals surface area (Å²) in [5, 5.41) is 1.15. The number of aliphatic imine (C=N–C) groups is 1. The van der Waals surface area contributed by atoms with Gasteiger partial charge in [0, 0.05) is 24.9 Å². The number of hydrogen-bond acceptors (Lipinski definition) is 5. The van der Waals surface area contributed by atoms with Gasteiger partial charge in [-0.1, -0.05) is 18.2 Å². The molecular weight excluding hydrogens is 272 g/mol. The lowest BCUT2D eigenvalue weighted by Crippen LogP contribution is -2.10. The molecule has 0 amide bonds. The maximum atomic E-state index is 11.8. The normalized spacial score (nSPS) is 22.6. The number of rotatable bonds is 2. The van der Waals surface area contributed by atoms with Gasteiger partial charge in [0.25, 0.3) is 0 Å². The van der Waals surface area contributed by atoms with Crippen LogP contribution in [0.15, 0.2) is 58.2 Å². The molecule has 102 valence electrons. The molecule has 2 heterocycles. The maximum Gasteiger partial charge on any atom is 0.363 e. The summed E-state index contributed by atoms with van der Waals surface area (Å²) >= 11 is 1.77. The van der Waals surface area contributed by atoms with Crippen LogP contribution in [0.1, 0.15) is 5.56 Å². The molecular formula is C15H14N2O2S. The number of benzene rings is 1. The van der Waals surface area contributed by atoms with Crippen LogP contribution in [-0.4, -0.2) is 36.1 Å². The first-order chi connectivity index (χ1) is 9.74. The Morgan fingerprint density at radius 2 is 2.10 bits per heavy atom. The van der Waals surface area contributed by atoms with Crippen molar-refractivity contribution in [3.8, 4) is 0 Å². The number of esters is 1. The average Bonchev–Trinajstić information content (AvgIpc) is 3.04. The average molecular weight is 286 g/mol. The Morgan fingerprint density at radius 1 is 1.30 bits per heavy atom. The molecule has 0 aliphatic carbocycles. The molecule has 1 fully saturated rings. The van der Waals surface area contributed by atoms with Gasteiger partial charge >= 0.3 is 5.97 Å². The molecule has 1 saturated heterocycles. The molecule has 0 unspecified atom stereocenters. The lowest BCUT2D eigenvalue weighted by Gasteiger charge is -2.09. The summed E-state index contributed by atoms with van der Waals surface area (Å²) in [5.41, 5.74) is 1.15. The second-order valence-electron chi connectivity index (χ2n) is 4.50. The molecule has 3 rings (SSSR count). The van der Waals surface area contributed by atoms with Gasteiger partial charge in [0.1, 0.15) is 0 Å². The van der Waals surface area contributed by atoms with Gasteiger partial charge in [-0.3, -0.25) is 0 Å². The Labute approximate surface area is 121 Å². The van der Waals surface area contributed by atoms with Crippen molar-refractivity contribution in [1.82, 2.24) is 4.90 Å². The number of thioether (sulfide) groups is 1. The predicted octanol–water partition coefficient (Wildman–Crippen LogP) is 2.39. The van der Waals surface area contributed by atoms with Crippen LogP contribution in [0.4, 0.5) is 0 Å². The lowest BCUT2D eigenvalue weighted by molar-refractivity contribution is -0.130. The molecule has 2 aliphatic heterocycles. The van der Waals surface area contributed by atoms with Gasteiger partial charge in [-0.2, -0.15) is 0 Å². The molecule has 0 bridgehead atoms. The third-order valence-corrected chi connectivity index (χ3v) is 4.21. The third-order valence-electron chi connectivity index (χ3n) is 3.08. The van der Waals surface area contributed by atoms with E-state index in [0.717, 1.165) is 22.9 Å². The number of ether oxygens (including phenoxy) is 1. The monoisotopic (exact) mass is 286 g/mol. The Balaban J connectivity index is 1.84. The quantitative estimate of drug-likeness (QED) is 0.618. The minimum absolute atomic E-state index is 0.345. The van der Waals surface area contributed by atoms with Crippen molar-refractivity contribution in [2.45, 2.75) is 0 Å². The highest BCUT2D eigenvalue weighted by molar-refractivity contribution is 8.03. The Bertz CT molecular complexity index is 620. The van der Waals surface area contributed by atoms with Crippen LogP contribution in [0.25, 0.3) is 0 Å². The van der Waals surface area contributed by atoms with Gasteiger partial charge in [-0.25, -0.2) is 9.79 Å².